The second-order valence-corrected chi connectivity index (χ2v) is 5.41. The Bertz CT molecular complexity index is 946. The van der Waals surface area contributed by atoms with Crippen molar-refractivity contribution in [1.29, 1.82) is 0 Å². The fraction of sp³-hybridized carbons (Fsp3) is 0.158. The molecule has 0 saturated carbocycles. The number of aryl methyl sites for hydroxylation is 1. The van der Waals surface area contributed by atoms with Gasteiger partial charge in [0.05, 0.1) is 17.5 Å². The van der Waals surface area contributed by atoms with Crippen LogP contribution in [0.4, 0.5) is 5.69 Å². The number of carbonyl (C=O) groups is 1. The molecular weight excluding hydrogens is 304 g/mol. The number of rotatable bonds is 4. The highest BCUT2D eigenvalue weighted by atomic mass is 16.5. The minimum Gasteiger partial charge on any atom is -0.494 e. The van der Waals surface area contributed by atoms with Crippen LogP contribution in [0.25, 0.3) is 10.9 Å². The lowest BCUT2D eigenvalue weighted by molar-refractivity contribution is 0.102. The van der Waals surface area contributed by atoms with Gasteiger partial charge in [-0.05, 0) is 37.3 Å². The quantitative estimate of drug-likeness (QED) is 0.802. The third-order valence-corrected chi connectivity index (χ3v) is 3.75. The summed E-state index contributed by atoms with van der Waals surface area (Å²) in [6.45, 7) is 2.39. The maximum Gasteiger partial charge on any atom is 0.261 e. The number of nitrogens with zero attached hydrogens (tertiary/aromatic N) is 1. The van der Waals surface area contributed by atoms with Gasteiger partial charge < -0.3 is 14.6 Å². The monoisotopic (exact) mass is 322 g/mol. The van der Waals surface area contributed by atoms with E-state index in [4.69, 9.17) is 4.74 Å². The molecule has 0 radical (unpaired) electrons. The Morgan fingerprint density at radius 3 is 2.62 bits per heavy atom. The number of aromatic nitrogens is 1. The van der Waals surface area contributed by atoms with Crippen LogP contribution in [0.3, 0.4) is 0 Å². The van der Waals surface area contributed by atoms with Gasteiger partial charge in [-0.3, -0.25) is 9.59 Å². The van der Waals surface area contributed by atoms with Crippen LogP contribution < -0.4 is 15.5 Å². The smallest absolute Gasteiger partial charge is 0.261 e. The van der Waals surface area contributed by atoms with Crippen molar-refractivity contribution in [2.24, 2.45) is 7.05 Å². The zero-order valence-corrected chi connectivity index (χ0v) is 13.6. The maximum absolute atomic E-state index is 12.7. The topological polar surface area (TPSA) is 60.3 Å². The Kier molecular flexibility index (Phi) is 4.33. The van der Waals surface area contributed by atoms with Gasteiger partial charge in [0.15, 0.2) is 0 Å². The number of hydrogen-bond acceptors (Lipinski definition) is 3. The van der Waals surface area contributed by atoms with Crippen LogP contribution in [-0.4, -0.2) is 17.1 Å². The number of anilines is 1. The average molecular weight is 322 g/mol. The van der Waals surface area contributed by atoms with E-state index in [-0.39, 0.29) is 11.0 Å². The molecule has 3 rings (SSSR count). The zero-order valence-electron chi connectivity index (χ0n) is 13.6. The number of hydrogen-bond donors (Lipinski definition) is 1. The maximum atomic E-state index is 12.7. The van der Waals surface area contributed by atoms with E-state index in [2.05, 4.69) is 5.32 Å². The molecule has 122 valence electrons. The van der Waals surface area contributed by atoms with Gasteiger partial charge in [0.1, 0.15) is 11.3 Å². The van der Waals surface area contributed by atoms with Crippen molar-refractivity contribution in [1.82, 2.24) is 4.57 Å². The molecule has 1 aromatic heterocycles. The van der Waals surface area contributed by atoms with Gasteiger partial charge in [-0.25, -0.2) is 0 Å². The largest absolute Gasteiger partial charge is 0.494 e. The fourth-order valence-electron chi connectivity index (χ4n) is 2.61. The van der Waals surface area contributed by atoms with E-state index in [0.29, 0.717) is 23.4 Å². The number of carbonyl (C=O) groups excluding carboxylic acids is 1. The summed E-state index contributed by atoms with van der Waals surface area (Å²) in [7, 11) is 1.81. The molecule has 0 aliphatic rings. The van der Waals surface area contributed by atoms with Gasteiger partial charge >= 0.3 is 0 Å². The lowest BCUT2D eigenvalue weighted by atomic mass is 10.1. The number of ether oxygens (including phenoxy) is 1. The zero-order chi connectivity index (χ0) is 17.1. The third kappa shape index (κ3) is 3.01. The van der Waals surface area contributed by atoms with Crippen molar-refractivity contribution in [2.45, 2.75) is 6.92 Å². The van der Waals surface area contributed by atoms with Crippen molar-refractivity contribution < 1.29 is 9.53 Å². The van der Waals surface area contributed by atoms with Crippen LogP contribution in [0, 0.1) is 0 Å². The number of benzene rings is 2. The van der Waals surface area contributed by atoms with Crippen molar-refractivity contribution in [2.75, 3.05) is 11.9 Å². The van der Waals surface area contributed by atoms with Crippen molar-refractivity contribution in [3.05, 3.63) is 70.5 Å². The molecular formula is C19H18N2O3. The molecule has 1 heterocycles. The molecule has 5 nitrogen and oxygen atoms in total. The summed E-state index contributed by atoms with van der Waals surface area (Å²) in [5.74, 6) is 0.188. The van der Waals surface area contributed by atoms with E-state index in [1.54, 1.807) is 36.0 Å². The Hall–Kier alpha value is -3.08. The van der Waals surface area contributed by atoms with Crippen molar-refractivity contribution >= 4 is 22.5 Å². The van der Waals surface area contributed by atoms with E-state index in [9.17, 15) is 9.59 Å². The molecule has 2 aromatic carbocycles. The van der Waals surface area contributed by atoms with E-state index in [1.807, 2.05) is 37.3 Å². The minimum absolute atomic E-state index is 0.0995. The summed E-state index contributed by atoms with van der Waals surface area (Å²) in [5.41, 5.74) is 1.19. The lowest BCUT2D eigenvalue weighted by Gasteiger charge is -2.11. The first-order valence-corrected chi connectivity index (χ1v) is 7.72. The number of nitrogens with one attached hydrogen (secondary N) is 1. The van der Waals surface area contributed by atoms with E-state index < -0.39 is 5.91 Å². The fourth-order valence-corrected chi connectivity index (χ4v) is 2.61. The van der Waals surface area contributed by atoms with Crippen LogP contribution in [0.5, 0.6) is 5.75 Å². The summed E-state index contributed by atoms with van der Waals surface area (Å²) in [6.07, 6.45) is 1.56. The Balaban J connectivity index is 2.06. The van der Waals surface area contributed by atoms with Gasteiger partial charge in [-0.15, -0.1) is 0 Å². The van der Waals surface area contributed by atoms with Gasteiger partial charge in [0.25, 0.3) is 5.91 Å². The predicted molar refractivity (Wildman–Crippen MR) is 94.8 cm³/mol. The Morgan fingerprint density at radius 2 is 1.92 bits per heavy atom. The molecule has 0 aliphatic carbocycles. The first-order valence-electron chi connectivity index (χ1n) is 7.72. The summed E-state index contributed by atoms with van der Waals surface area (Å²) in [6, 6.07) is 14.4. The van der Waals surface area contributed by atoms with Crippen LogP contribution in [-0.2, 0) is 7.05 Å². The molecule has 0 spiro atoms. The Labute approximate surface area is 139 Å². The first-order chi connectivity index (χ1) is 11.6. The second kappa shape index (κ2) is 6.58. The highest BCUT2D eigenvalue weighted by molar-refractivity contribution is 6.05. The molecule has 0 aliphatic heterocycles. The summed E-state index contributed by atoms with van der Waals surface area (Å²) < 4.78 is 7.23. The lowest BCUT2D eigenvalue weighted by Crippen LogP contribution is -2.23. The summed E-state index contributed by atoms with van der Waals surface area (Å²) in [4.78, 5) is 25.2. The van der Waals surface area contributed by atoms with Crippen LogP contribution in [0.2, 0.25) is 0 Å². The molecule has 0 bridgehead atoms. The van der Waals surface area contributed by atoms with Gasteiger partial charge in [-0.1, -0.05) is 18.2 Å². The van der Waals surface area contributed by atoms with Gasteiger partial charge in [0.2, 0.25) is 5.43 Å². The molecule has 0 atom stereocenters. The molecule has 24 heavy (non-hydrogen) atoms. The van der Waals surface area contributed by atoms with E-state index in [0.717, 1.165) is 5.52 Å². The molecule has 1 N–H and O–H groups in total. The third-order valence-electron chi connectivity index (χ3n) is 3.75. The molecule has 0 fully saturated rings. The molecule has 5 heteroatoms. The molecule has 0 unspecified atom stereocenters. The molecule has 3 aromatic rings. The molecule has 0 saturated heterocycles. The standard InChI is InChI=1S/C19H18N2O3/c1-3-24-14-9-10-17-15(11-14)18(22)16(12-21(17)2)19(23)20-13-7-5-4-6-8-13/h4-12H,3H2,1-2H3,(H,20,23). The van der Waals surface area contributed by atoms with Gasteiger partial charge in [0, 0.05) is 18.9 Å². The average Bonchev–Trinajstić information content (AvgIpc) is 2.59. The Morgan fingerprint density at radius 1 is 1.17 bits per heavy atom. The number of pyridine rings is 1. The molecule has 1 amide bonds. The van der Waals surface area contributed by atoms with Crippen molar-refractivity contribution in [3.63, 3.8) is 0 Å². The predicted octanol–water partition coefficient (Wildman–Crippen LogP) is 3.19. The highest BCUT2D eigenvalue weighted by Crippen LogP contribution is 2.19. The van der Waals surface area contributed by atoms with E-state index >= 15 is 0 Å². The first kappa shape index (κ1) is 15.8. The van der Waals surface area contributed by atoms with Crippen LogP contribution >= 0.6 is 0 Å². The minimum atomic E-state index is -0.425. The number of fused-ring (bicyclic) bond motifs is 1. The SMILES string of the molecule is CCOc1ccc2c(c1)c(=O)c(C(=O)Nc1ccccc1)cn2C. The summed E-state index contributed by atoms with van der Waals surface area (Å²) >= 11 is 0. The number of amides is 1. The van der Waals surface area contributed by atoms with Crippen LogP contribution in [0.15, 0.2) is 59.5 Å². The van der Waals surface area contributed by atoms with E-state index in [1.165, 1.54) is 0 Å². The second-order valence-electron chi connectivity index (χ2n) is 5.41. The summed E-state index contributed by atoms with van der Waals surface area (Å²) in [5, 5.41) is 3.21. The normalized spacial score (nSPS) is 10.6. The highest BCUT2D eigenvalue weighted by Gasteiger charge is 2.15. The number of para-hydroxylation sites is 1. The van der Waals surface area contributed by atoms with Crippen molar-refractivity contribution in [3.8, 4) is 5.75 Å². The van der Waals surface area contributed by atoms with Crippen LogP contribution in [0.1, 0.15) is 17.3 Å². The van der Waals surface area contributed by atoms with Gasteiger partial charge in [-0.2, -0.15) is 0 Å².